The Bertz CT molecular complexity index is 709. The molecule has 2 aromatic carbocycles. The quantitative estimate of drug-likeness (QED) is 0.621. The maximum Gasteiger partial charge on any atom is 0.131 e. The van der Waals surface area contributed by atoms with Crippen molar-refractivity contribution in [3.63, 3.8) is 0 Å². The van der Waals surface area contributed by atoms with Crippen molar-refractivity contribution in [1.82, 2.24) is 5.32 Å². The van der Waals surface area contributed by atoms with E-state index in [1.54, 1.807) is 0 Å². The van der Waals surface area contributed by atoms with Gasteiger partial charge in [-0.25, -0.2) is 8.78 Å². The molecule has 27 heavy (non-hydrogen) atoms. The van der Waals surface area contributed by atoms with Gasteiger partial charge in [0.25, 0.3) is 0 Å². The summed E-state index contributed by atoms with van der Waals surface area (Å²) in [6.45, 7) is 6.42. The summed E-state index contributed by atoms with van der Waals surface area (Å²) in [5.41, 5.74) is 3.72. The average Bonchev–Trinajstić information content (AvgIpc) is 3.41. The normalized spacial score (nSPS) is 14.7. The van der Waals surface area contributed by atoms with Crippen molar-refractivity contribution in [1.29, 1.82) is 0 Å². The molecule has 1 saturated carbocycles. The molecule has 1 aliphatic carbocycles. The Labute approximate surface area is 166 Å². The molecule has 0 spiro atoms. The summed E-state index contributed by atoms with van der Waals surface area (Å²) in [5, 5.41) is 3.54. The van der Waals surface area contributed by atoms with Crippen molar-refractivity contribution in [2.24, 2.45) is 5.92 Å². The zero-order valence-electron chi connectivity index (χ0n) is 15.9. The Balaban J connectivity index is 0.00000261. The van der Waals surface area contributed by atoms with E-state index in [4.69, 9.17) is 4.74 Å². The van der Waals surface area contributed by atoms with Crippen LogP contribution >= 0.6 is 12.4 Å². The van der Waals surface area contributed by atoms with E-state index in [-0.39, 0.29) is 30.5 Å². The first-order valence-corrected chi connectivity index (χ1v) is 9.33. The lowest BCUT2D eigenvalue weighted by Gasteiger charge is -2.22. The molecule has 148 valence electrons. The molecular weight excluding hydrogens is 368 g/mol. The fraction of sp³-hybridized carbons (Fsp3) is 0.455. The first kappa shape index (κ1) is 21.8. The minimum atomic E-state index is -0.555. The second kappa shape index (κ2) is 10.2. The van der Waals surface area contributed by atoms with Gasteiger partial charge in [-0.2, -0.15) is 0 Å². The van der Waals surface area contributed by atoms with E-state index in [0.29, 0.717) is 6.61 Å². The molecule has 0 aromatic heterocycles. The van der Waals surface area contributed by atoms with E-state index in [1.807, 2.05) is 0 Å². The molecule has 1 unspecified atom stereocenters. The van der Waals surface area contributed by atoms with Gasteiger partial charge in [0.1, 0.15) is 11.6 Å². The first-order chi connectivity index (χ1) is 12.6. The van der Waals surface area contributed by atoms with E-state index in [0.717, 1.165) is 19.0 Å². The van der Waals surface area contributed by atoms with E-state index in [1.165, 1.54) is 47.7 Å². The second-order valence-electron chi connectivity index (χ2n) is 7.32. The van der Waals surface area contributed by atoms with Crippen molar-refractivity contribution in [2.45, 2.75) is 39.2 Å². The highest BCUT2D eigenvalue weighted by Crippen LogP contribution is 2.28. The molecule has 5 heteroatoms. The summed E-state index contributed by atoms with van der Waals surface area (Å²) in [5.74, 6) is -0.146. The molecule has 3 rings (SSSR count). The van der Waals surface area contributed by atoms with Crippen LogP contribution in [0.25, 0.3) is 0 Å². The van der Waals surface area contributed by atoms with Gasteiger partial charge in [0.05, 0.1) is 13.2 Å². The maximum absolute atomic E-state index is 13.8. The van der Waals surface area contributed by atoms with Crippen LogP contribution in [-0.2, 0) is 11.3 Å². The molecule has 1 N–H and O–H groups in total. The number of ether oxygens (including phenoxy) is 1. The van der Waals surface area contributed by atoms with Crippen molar-refractivity contribution < 1.29 is 13.5 Å². The molecule has 0 amide bonds. The van der Waals surface area contributed by atoms with Crippen molar-refractivity contribution in [3.8, 4) is 0 Å². The van der Waals surface area contributed by atoms with Gasteiger partial charge in [-0.05, 0) is 68.0 Å². The second-order valence-corrected chi connectivity index (χ2v) is 7.32. The third-order valence-electron chi connectivity index (χ3n) is 5.10. The number of nitrogens with one attached hydrogen (secondary N) is 1. The molecule has 0 radical (unpaired) electrons. The maximum atomic E-state index is 13.8. The van der Waals surface area contributed by atoms with Crippen LogP contribution in [-0.4, -0.2) is 19.7 Å². The van der Waals surface area contributed by atoms with Gasteiger partial charge < -0.3 is 10.1 Å². The fourth-order valence-electron chi connectivity index (χ4n) is 3.47. The molecule has 2 aromatic rings. The highest BCUT2D eigenvalue weighted by Gasteiger charge is 2.22. The summed E-state index contributed by atoms with van der Waals surface area (Å²) in [7, 11) is 0. The molecule has 0 aliphatic heterocycles. The zero-order valence-corrected chi connectivity index (χ0v) is 16.8. The van der Waals surface area contributed by atoms with Crippen LogP contribution in [0, 0.1) is 31.4 Å². The Morgan fingerprint density at radius 3 is 2.22 bits per heavy atom. The van der Waals surface area contributed by atoms with Crippen LogP contribution in [0.5, 0.6) is 0 Å². The Kier molecular flexibility index (Phi) is 8.21. The van der Waals surface area contributed by atoms with E-state index in [9.17, 15) is 8.78 Å². The first-order valence-electron chi connectivity index (χ1n) is 9.33. The number of hydrogen-bond acceptors (Lipinski definition) is 2. The largest absolute Gasteiger partial charge is 0.376 e. The Morgan fingerprint density at radius 2 is 1.63 bits per heavy atom. The van der Waals surface area contributed by atoms with Crippen LogP contribution in [0.3, 0.4) is 0 Å². The van der Waals surface area contributed by atoms with Crippen LogP contribution in [0.4, 0.5) is 8.78 Å². The summed E-state index contributed by atoms with van der Waals surface area (Å²) in [6, 6.07) is 10.2. The summed E-state index contributed by atoms with van der Waals surface area (Å²) >= 11 is 0. The lowest BCUT2D eigenvalue weighted by atomic mass is 9.91. The Hall–Kier alpha value is -1.49. The number of rotatable bonds is 9. The number of halogens is 3. The SMILES string of the molecule is Cc1cccc(C)c1C(CNCC1CC1)COCc1c(F)cccc1F.Cl. The van der Waals surface area contributed by atoms with E-state index in [2.05, 4.69) is 37.4 Å². The van der Waals surface area contributed by atoms with Crippen molar-refractivity contribution >= 4 is 12.4 Å². The summed E-state index contributed by atoms with van der Waals surface area (Å²) in [4.78, 5) is 0. The standard InChI is InChI=1S/C22H27F2NO.ClH/c1-15-5-3-6-16(2)22(15)18(12-25-11-17-9-10-17)13-26-14-19-20(23)7-4-8-21(19)24;/h3-8,17-18,25H,9-14H2,1-2H3;1H. The molecule has 0 saturated heterocycles. The minimum absolute atomic E-state index is 0. The highest BCUT2D eigenvalue weighted by atomic mass is 35.5. The molecule has 2 nitrogen and oxygen atoms in total. The number of benzene rings is 2. The predicted molar refractivity (Wildman–Crippen MR) is 108 cm³/mol. The highest BCUT2D eigenvalue weighted by molar-refractivity contribution is 5.85. The lowest BCUT2D eigenvalue weighted by Crippen LogP contribution is -2.27. The van der Waals surface area contributed by atoms with Crippen molar-refractivity contribution in [2.75, 3.05) is 19.7 Å². The molecule has 1 aliphatic rings. The van der Waals surface area contributed by atoms with E-state index >= 15 is 0 Å². The molecule has 0 bridgehead atoms. The van der Waals surface area contributed by atoms with Gasteiger partial charge in [-0.3, -0.25) is 0 Å². The summed E-state index contributed by atoms with van der Waals surface area (Å²) in [6.07, 6.45) is 2.62. The van der Waals surface area contributed by atoms with Gasteiger partial charge in [0.15, 0.2) is 0 Å². The smallest absolute Gasteiger partial charge is 0.131 e. The lowest BCUT2D eigenvalue weighted by molar-refractivity contribution is 0.101. The zero-order chi connectivity index (χ0) is 18.5. The van der Waals surface area contributed by atoms with Gasteiger partial charge in [-0.15, -0.1) is 12.4 Å². The fourth-order valence-corrected chi connectivity index (χ4v) is 3.47. The third kappa shape index (κ3) is 6.00. The summed E-state index contributed by atoms with van der Waals surface area (Å²) < 4.78 is 33.3. The topological polar surface area (TPSA) is 21.3 Å². The van der Waals surface area contributed by atoms with E-state index < -0.39 is 11.6 Å². The minimum Gasteiger partial charge on any atom is -0.376 e. The molecule has 1 atom stereocenters. The van der Waals surface area contributed by atoms with Gasteiger partial charge in [0, 0.05) is 18.0 Å². The van der Waals surface area contributed by atoms with Gasteiger partial charge >= 0.3 is 0 Å². The number of aryl methyl sites for hydroxylation is 2. The van der Waals surface area contributed by atoms with Crippen LogP contribution in [0.2, 0.25) is 0 Å². The van der Waals surface area contributed by atoms with Crippen LogP contribution in [0.15, 0.2) is 36.4 Å². The van der Waals surface area contributed by atoms with Crippen molar-refractivity contribution in [3.05, 3.63) is 70.3 Å². The Morgan fingerprint density at radius 1 is 1.04 bits per heavy atom. The van der Waals surface area contributed by atoms with Crippen LogP contribution < -0.4 is 5.32 Å². The third-order valence-corrected chi connectivity index (χ3v) is 5.10. The predicted octanol–water partition coefficient (Wildman–Crippen LogP) is 5.30. The molecule has 1 fully saturated rings. The molecule has 0 heterocycles. The van der Waals surface area contributed by atoms with Gasteiger partial charge in [-0.1, -0.05) is 24.3 Å². The molecular formula is C22H28ClF2NO. The average molecular weight is 396 g/mol. The monoisotopic (exact) mass is 395 g/mol. The van der Waals surface area contributed by atoms with Crippen LogP contribution in [0.1, 0.15) is 41.0 Å². The van der Waals surface area contributed by atoms with Gasteiger partial charge in [0.2, 0.25) is 0 Å². The number of hydrogen-bond donors (Lipinski definition) is 1.